The fourth-order valence-corrected chi connectivity index (χ4v) is 3.55. The van der Waals surface area contributed by atoms with E-state index < -0.39 is 11.9 Å². The summed E-state index contributed by atoms with van der Waals surface area (Å²) in [7, 11) is 2.70. The number of fused-ring (bicyclic) bond motifs is 2. The topological polar surface area (TPSA) is 118 Å². The van der Waals surface area contributed by atoms with Crippen molar-refractivity contribution >= 4 is 18.2 Å². The number of rotatable bonds is 7. The van der Waals surface area contributed by atoms with Gasteiger partial charge in [-0.15, -0.1) is 0 Å². The minimum Gasteiger partial charge on any atom is -0.496 e. The second-order valence-electron chi connectivity index (χ2n) is 6.74. The molecule has 1 aliphatic heterocycles. The van der Waals surface area contributed by atoms with Gasteiger partial charge < -0.3 is 28.8 Å². The number of benzene rings is 2. The fraction of sp³-hybridized carbons (Fsp3) is 0.318. The van der Waals surface area contributed by atoms with Crippen LogP contribution in [-0.2, 0) is 11.3 Å². The zero-order chi connectivity index (χ0) is 22.9. The van der Waals surface area contributed by atoms with E-state index in [9.17, 15) is 19.5 Å². The second kappa shape index (κ2) is 8.65. The molecule has 0 radical (unpaired) electrons. The molecule has 0 spiro atoms. The Morgan fingerprint density at radius 1 is 1.13 bits per heavy atom. The number of carboxylic acids is 1. The predicted molar refractivity (Wildman–Crippen MR) is 108 cm³/mol. The van der Waals surface area contributed by atoms with Crippen molar-refractivity contribution in [3.05, 3.63) is 39.4 Å². The molecule has 3 rings (SSSR count). The predicted octanol–water partition coefficient (Wildman–Crippen LogP) is 3.69. The molecule has 2 aromatic carbocycles. The lowest BCUT2D eigenvalue weighted by Crippen LogP contribution is -2.13. The zero-order valence-electron chi connectivity index (χ0n) is 17.8. The smallest absolute Gasteiger partial charge is 0.347 e. The summed E-state index contributed by atoms with van der Waals surface area (Å²) in [4.78, 5) is 36.9. The van der Waals surface area contributed by atoms with Crippen LogP contribution in [0.2, 0.25) is 0 Å². The van der Waals surface area contributed by atoms with Crippen molar-refractivity contribution in [1.29, 1.82) is 0 Å². The first-order valence-electron chi connectivity index (χ1n) is 9.41. The lowest BCUT2D eigenvalue weighted by Gasteiger charge is -2.20. The van der Waals surface area contributed by atoms with Crippen molar-refractivity contribution in [2.24, 2.45) is 0 Å². The molecule has 0 aromatic heterocycles. The van der Waals surface area contributed by atoms with E-state index in [4.69, 9.17) is 23.7 Å². The summed E-state index contributed by atoms with van der Waals surface area (Å²) < 4.78 is 27.8. The molecule has 0 bridgehead atoms. The Kier molecular flexibility index (Phi) is 6.16. The summed E-state index contributed by atoms with van der Waals surface area (Å²) in [6.45, 7) is 5.16. The minimum absolute atomic E-state index is 0.00414. The number of hydrogen-bond donors (Lipinski definition) is 1. The van der Waals surface area contributed by atoms with Gasteiger partial charge in [0.25, 0.3) is 0 Å². The molecule has 1 aliphatic rings. The van der Waals surface area contributed by atoms with E-state index >= 15 is 0 Å². The van der Waals surface area contributed by atoms with Crippen LogP contribution in [0.15, 0.2) is 6.07 Å². The third-order valence-electron chi connectivity index (χ3n) is 4.99. The molecular weight excluding hydrogens is 408 g/mol. The molecule has 0 unspecified atom stereocenters. The van der Waals surface area contributed by atoms with Crippen LogP contribution in [-0.4, -0.2) is 44.2 Å². The standard InChI is InChI=1S/C22H22O9/c1-6-29-9-13-18(28-5)16(21(24)25)11(3)17-20(13)31-22(26)15-10(2)7-14(27-4)12(8-23)19(15)30-17/h7-8H,6,9H2,1-5H3,(H,24,25). The molecule has 0 fully saturated rings. The normalized spacial score (nSPS) is 12.1. The number of esters is 1. The highest BCUT2D eigenvalue weighted by atomic mass is 16.6. The van der Waals surface area contributed by atoms with Gasteiger partial charge in [-0.25, -0.2) is 9.59 Å². The molecule has 0 aliphatic carbocycles. The highest BCUT2D eigenvalue weighted by Crippen LogP contribution is 2.50. The number of carboxylic acid groups (broad SMARTS) is 1. The Balaban J connectivity index is 2.41. The lowest BCUT2D eigenvalue weighted by atomic mass is 10.00. The number of aryl methyl sites for hydroxylation is 1. The molecule has 1 N–H and O–H groups in total. The van der Waals surface area contributed by atoms with E-state index in [-0.39, 0.29) is 63.2 Å². The van der Waals surface area contributed by atoms with E-state index in [0.717, 1.165) is 0 Å². The van der Waals surface area contributed by atoms with Gasteiger partial charge in [-0.1, -0.05) is 0 Å². The minimum atomic E-state index is -1.26. The highest BCUT2D eigenvalue weighted by molar-refractivity contribution is 6.02. The molecule has 0 atom stereocenters. The van der Waals surface area contributed by atoms with Gasteiger partial charge >= 0.3 is 11.9 Å². The summed E-state index contributed by atoms with van der Waals surface area (Å²) in [5, 5.41) is 9.81. The largest absolute Gasteiger partial charge is 0.496 e. The van der Waals surface area contributed by atoms with Crippen LogP contribution < -0.4 is 18.9 Å². The molecule has 0 saturated heterocycles. The van der Waals surface area contributed by atoms with E-state index in [1.807, 2.05) is 0 Å². The highest BCUT2D eigenvalue weighted by Gasteiger charge is 2.36. The van der Waals surface area contributed by atoms with Crippen LogP contribution >= 0.6 is 0 Å². The molecule has 9 heteroatoms. The van der Waals surface area contributed by atoms with E-state index in [0.29, 0.717) is 18.5 Å². The summed E-state index contributed by atoms with van der Waals surface area (Å²) in [5.41, 5.74) is 0.716. The number of methoxy groups -OCH3 is 2. The lowest BCUT2D eigenvalue weighted by molar-refractivity contribution is 0.0690. The van der Waals surface area contributed by atoms with Gasteiger partial charge in [-0.05, 0) is 32.4 Å². The Hall–Kier alpha value is -3.59. The average molecular weight is 430 g/mol. The number of carbonyl (C=O) groups is 3. The third-order valence-corrected chi connectivity index (χ3v) is 4.99. The maximum atomic E-state index is 13.1. The first-order valence-corrected chi connectivity index (χ1v) is 9.41. The van der Waals surface area contributed by atoms with Gasteiger partial charge in [-0.3, -0.25) is 4.79 Å². The summed E-state index contributed by atoms with van der Waals surface area (Å²) >= 11 is 0. The molecule has 1 heterocycles. The number of aldehydes is 1. The van der Waals surface area contributed by atoms with Crippen LogP contribution in [0.3, 0.4) is 0 Å². The van der Waals surface area contributed by atoms with Crippen molar-refractivity contribution in [3.8, 4) is 28.7 Å². The first kappa shape index (κ1) is 22.1. The van der Waals surface area contributed by atoms with Crippen LogP contribution in [0.5, 0.6) is 28.7 Å². The molecule has 9 nitrogen and oxygen atoms in total. The SMILES string of the molecule is CCOCc1c2c(c(C)c(C(=O)O)c1OC)Oc1c(C=O)c(OC)cc(C)c1C(=O)O2. The Labute approximate surface area is 178 Å². The van der Waals surface area contributed by atoms with Gasteiger partial charge in [0.05, 0.1) is 32.0 Å². The zero-order valence-corrected chi connectivity index (χ0v) is 17.8. The first-order chi connectivity index (χ1) is 14.8. The van der Waals surface area contributed by atoms with Crippen LogP contribution in [0.4, 0.5) is 0 Å². The number of hydrogen-bond acceptors (Lipinski definition) is 8. The Morgan fingerprint density at radius 3 is 2.39 bits per heavy atom. The van der Waals surface area contributed by atoms with Crippen LogP contribution in [0.1, 0.15) is 54.7 Å². The molecule has 31 heavy (non-hydrogen) atoms. The van der Waals surface area contributed by atoms with Crippen molar-refractivity contribution < 1.29 is 43.2 Å². The van der Waals surface area contributed by atoms with Gasteiger partial charge in [-0.2, -0.15) is 0 Å². The summed E-state index contributed by atoms with van der Waals surface area (Å²) in [5.74, 6) is -1.92. The molecule has 2 aromatic rings. The quantitative estimate of drug-likeness (QED) is 0.398. The molecule has 0 amide bonds. The van der Waals surface area contributed by atoms with Crippen molar-refractivity contribution in [2.75, 3.05) is 20.8 Å². The van der Waals surface area contributed by atoms with Crippen molar-refractivity contribution in [2.45, 2.75) is 27.4 Å². The van der Waals surface area contributed by atoms with Crippen LogP contribution in [0, 0.1) is 13.8 Å². The average Bonchev–Trinajstić information content (AvgIpc) is 2.89. The Morgan fingerprint density at radius 2 is 1.84 bits per heavy atom. The monoisotopic (exact) mass is 430 g/mol. The van der Waals surface area contributed by atoms with Crippen molar-refractivity contribution in [3.63, 3.8) is 0 Å². The third kappa shape index (κ3) is 3.57. The van der Waals surface area contributed by atoms with E-state index in [2.05, 4.69) is 0 Å². The fourth-order valence-electron chi connectivity index (χ4n) is 3.55. The van der Waals surface area contributed by atoms with Crippen molar-refractivity contribution in [1.82, 2.24) is 0 Å². The van der Waals surface area contributed by atoms with Gasteiger partial charge in [0.2, 0.25) is 0 Å². The maximum absolute atomic E-state index is 13.1. The number of carbonyl (C=O) groups excluding carboxylic acids is 2. The van der Waals surface area contributed by atoms with E-state index in [1.54, 1.807) is 13.8 Å². The van der Waals surface area contributed by atoms with Gasteiger partial charge in [0.15, 0.2) is 23.5 Å². The second-order valence-corrected chi connectivity index (χ2v) is 6.74. The number of ether oxygens (including phenoxy) is 5. The van der Waals surface area contributed by atoms with Gasteiger partial charge in [0, 0.05) is 12.2 Å². The maximum Gasteiger partial charge on any atom is 0.347 e. The molecule has 164 valence electrons. The van der Waals surface area contributed by atoms with Gasteiger partial charge in [0.1, 0.15) is 22.6 Å². The Bertz CT molecular complexity index is 1090. The number of aromatic carboxylic acids is 1. The summed E-state index contributed by atoms with van der Waals surface area (Å²) in [6, 6.07) is 1.53. The summed E-state index contributed by atoms with van der Waals surface area (Å²) in [6.07, 6.45) is 0.507. The molecular formula is C22H22O9. The molecule has 0 saturated carbocycles. The van der Waals surface area contributed by atoms with Crippen LogP contribution in [0.25, 0.3) is 0 Å². The van der Waals surface area contributed by atoms with E-state index in [1.165, 1.54) is 27.2 Å².